The van der Waals surface area contributed by atoms with Crippen LogP contribution in [0.4, 0.5) is 10.1 Å². The number of nitrogens with one attached hydrogen (secondary N) is 2. The van der Waals surface area contributed by atoms with E-state index in [1.807, 2.05) is 13.8 Å². The van der Waals surface area contributed by atoms with Gasteiger partial charge in [-0.2, -0.15) is 0 Å². The zero-order valence-corrected chi connectivity index (χ0v) is 17.7. The highest BCUT2D eigenvalue weighted by atomic mass is 35.5. The molecule has 0 radical (unpaired) electrons. The molecule has 1 amide bonds. The molecule has 0 atom stereocenters. The molecule has 6 nitrogen and oxygen atoms in total. The first-order valence-corrected chi connectivity index (χ1v) is 10.4. The lowest BCUT2D eigenvalue weighted by atomic mass is 10.2. The quantitative estimate of drug-likeness (QED) is 0.659. The number of carbonyl (C=O) groups is 1. The van der Waals surface area contributed by atoms with Gasteiger partial charge >= 0.3 is 0 Å². The van der Waals surface area contributed by atoms with Gasteiger partial charge in [-0.1, -0.05) is 37.0 Å². The van der Waals surface area contributed by atoms with E-state index in [2.05, 4.69) is 10.0 Å². The number of methoxy groups -OCH3 is 1. The molecule has 152 valence electrons. The summed E-state index contributed by atoms with van der Waals surface area (Å²) >= 11 is 12.1. The fourth-order valence-corrected chi connectivity index (χ4v) is 4.28. The number of carbonyl (C=O) groups excluding carboxylic acids is 1. The topological polar surface area (TPSA) is 84.5 Å². The van der Waals surface area contributed by atoms with Crippen molar-refractivity contribution in [2.75, 3.05) is 19.0 Å². The molecular formula is C18H19Cl2FN2O4S. The normalized spacial score (nSPS) is 11.5. The molecule has 0 saturated heterocycles. The first-order valence-electron chi connectivity index (χ1n) is 8.18. The summed E-state index contributed by atoms with van der Waals surface area (Å²) in [5, 5.41) is 2.30. The molecule has 0 aliphatic heterocycles. The lowest BCUT2D eigenvalue weighted by molar-refractivity contribution is 0.102. The molecule has 0 fully saturated rings. The van der Waals surface area contributed by atoms with Crippen molar-refractivity contribution < 1.29 is 22.3 Å². The van der Waals surface area contributed by atoms with Crippen molar-refractivity contribution >= 4 is 44.8 Å². The first-order chi connectivity index (χ1) is 13.0. The van der Waals surface area contributed by atoms with Crippen LogP contribution in [-0.2, 0) is 10.0 Å². The number of benzene rings is 2. The summed E-state index contributed by atoms with van der Waals surface area (Å²) in [6, 6.07) is 6.12. The molecule has 0 unspecified atom stereocenters. The zero-order chi connectivity index (χ0) is 21.1. The predicted octanol–water partition coefficient (Wildman–Crippen LogP) is 4.33. The van der Waals surface area contributed by atoms with Gasteiger partial charge in [0.1, 0.15) is 4.90 Å². The van der Waals surface area contributed by atoms with Crippen molar-refractivity contribution in [3.8, 4) is 5.75 Å². The van der Waals surface area contributed by atoms with Gasteiger partial charge in [0.15, 0.2) is 11.6 Å². The van der Waals surface area contributed by atoms with E-state index in [1.165, 1.54) is 25.3 Å². The van der Waals surface area contributed by atoms with E-state index in [0.29, 0.717) is 0 Å². The van der Waals surface area contributed by atoms with E-state index >= 15 is 0 Å². The lowest BCUT2D eigenvalue weighted by Crippen LogP contribution is -2.28. The molecule has 28 heavy (non-hydrogen) atoms. The average Bonchev–Trinajstić information content (AvgIpc) is 2.60. The molecular weight excluding hydrogens is 430 g/mol. The number of sulfonamides is 1. The van der Waals surface area contributed by atoms with E-state index in [-0.39, 0.29) is 44.4 Å². The van der Waals surface area contributed by atoms with E-state index < -0.39 is 21.7 Å². The van der Waals surface area contributed by atoms with Crippen molar-refractivity contribution in [3.63, 3.8) is 0 Å². The summed E-state index contributed by atoms with van der Waals surface area (Å²) in [7, 11) is -2.63. The smallest absolute Gasteiger partial charge is 0.257 e. The van der Waals surface area contributed by atoms with Gasteiger partial charge in [-0.15, -0.1) is 0 Å². The fraction of sp³-hybridized carbons (Fsp3) is 0.278. The molecule has 0 aliphatic rings. The molecule has 0 saturated carbocycles. The van der Waals surface area contributed by atoms with E-state index in [1.54, 1.807) is 0 Å². The van der Waals surface area contributed by atoms with Crippen LogP contribution in [0.2, 0.25) is 10.0 Å². The summed E-state index contributed by atoms with van der Waals surface area (Å²) in [6.45, 7) is 3.89. The molecule has 0 spiro atoms. The maximum absolute atomic E-state index is 13.8. The number of anilines is 1. The highest BCUT2D eigenvalue weighted by Crippen LogP contribution is 2.30. The maximum atomic E-state index is 13.8. The van der Waals surface area contributed by atoms with Gasteiger partial charge in [0, 0.05) is 18.3 Å². The molecule has 0 aliphatic carbocycles. The molecule has 2 rings (SSSR count). The van der Waals surface area contributed by atoms with Gasteiger partial charge in [-0.3, -0.25) is 4.79 Å². The number of hydrogen-bond donors (Lipinski definition) is 2. The highest BCUT2D eigenvalue weighted by molar-refractivity contribution is 7.89. The van der Waals surface area contributed by atoms with Gasteiger partial charge in [0.05, 0.1) is 22.7 Å². The Hall–Kier alpha value is -1.87. The second-order valence-electron chi connectivity index (χ2n) is 6.31. The summed E-state index contributed by atoms with van der Waals surface area (Å²) in [5.74, 6) is -1.28. The Morgan fingerprint density at radius 3 is 2.43 bits per heavy atom. The monoisotopic (exact) mass is 448 g/mol. The van der Waals surface area contributed by atoms with Crippen LogP contribution in [0.25, 0.3) is 0 Å². The first kappa shape index (κ1) is 22.4. The molecule has 2 N–H and O–H groups in total. The van der Waals surface area contributed by atoms with E-state index in [4.69, 9.17) is 27.9 Å². The van der Waals surface area contributed by atoms with Crippen LogP contribution in [0, 0.1) is 11.7 Å². The van der Waals surface area contributed by atoms with Crippen molar-refractivity contribution in [3.05, 3.63) is 51.8 Å². The van der Waals surface area contributed by atoms with E-state index in [9.17, 15) is 17.6 Å². The van der Waals surface area contributed by atoms with Crippen LogP contribution in [0.1, 0.15) is 24.2 Å². The average molecular weight is 449 g/mol. The number of amides is 1. The Balaban J connectivity index is 2.35. The summed E-state index contributed by atoms with van der Waals surface area (Å²) in [6.07, 6.45) is 0. The van der Waals surface area contributed by atoms with Crippen molar-refractivity contribution in [1.82, 2.24) is 4.72 Å². The zero-order valence-electron chi connectivity index (χ0n) is 15.3. The van der Waals surface area contributed by atoms with Crippen molar-refractivity contribution in [1.29, 1.82) is 0 Å². The van der Waals surface area contributed by atoms with Crippen molar-refractivity contribution in [2.45, 2.75) is 18.7 Å². The Bertz CT molecular complexity index is 997. The highest BCUT2D eigenvalue weighted by Gasteiger charge is 2.23. The molecule has 2 aromatic rings. The Morgan fingerprint density at radius 2 is 1.86 bits per heavy atom. The largest absolute Gasteiger partial charge is 0.494 e. The predicted molar refractivity (Wildman–Crippen MR) is 107 cm³/mol. The summed E-state index contributed by atoms with van der Waals surface area (Å²) in [4.78, 5) is 12.3. The van der Waals surface area contributed by atoms with Gasteiger partial charge in [0.25, 0.3) is 5.91 Å². The third-order valence-corrected chi connectivity index (χ3v) is 5.85. The summed E-state index contributed by atoms with van der Waals surface area (Å²) < 4.78 is 46.0. The minimum atomic E-state index is -3.94. The number of hydrogen-bond acceptors (Lipinski definition) is 4. The third kappa shape index (κ3) is 5.35. The second kappa shape index (κ2) is 9.09. The number of halogens is 3. The van der Waals surface area contributed by atoms with Crippen molar-refractivity contribution in [2.24, 2.45) is 5.92 Å². The Morgan fingerprint density at radius 1 is 1.18 bits per heavy atom. The maximum Gasteiger partial charge on any atom is 0.257 e. The molecule has 0 bridgehead atoms. The molecule has 0 heterocycles. The van der Waals surface area contributed by atoms with Gasteiger partial charge in [0.2, 0.25) is 10.0 Å². The van der Waals surface area contributed by atoms with Gasteiger partial charge in [-0.25, -0.2) is 17.5 Å². The van der Waals surface area contributed by atoms with Crippen LogP contribution in [-0.4, -0.2) is 28.0 Å². The molecule has 10 heteroatoms. The molecule has 0 aromatic heterocycles. The Labute approximate surface area is 173 Å². The van der Waals surface area contributed by atoms with E-state index in [0.717, 1.165) is 12.1 Å². The second-order valence-corrected chi connectivity index (χ2v) is 8.86. The van der Waals surface area contributed by atoms with Crippen LogP contribution >= 0.6 is 23.2 Å². The molecule has 2 aromatic carbocycles. The lowest BCUT2D eigenvalue weighted by Gasteiger charge is -2.13. The van der Waals surface area contributed by atoms with Crippen LogP contribution in [0.15, 0.2) is 35.2 Å². The fourth-order valence-electron chi connectivity index (χ4n) is 2.21. The van der Waals surface area contributed by atoms with Gasteiger partial charge in [-0.05, 0) is 30.2 Å². The van der Waals surface area contributed by atoms with Crippen LogP contribution < -0.4 is 14.8 Å². The number of rotatable bonds is 7. The minimum absolute atomic E-state index is 0.0205. The summed E-state index contributed by atoms with van der Waals surface area (Å²) in [5.41, 5.74) is 0.0314. The van der Waals surface area contributed by atoms with Gasteiger partial charge < -0.3 is 10.1 Å². The minimum Gasteiger partial charge on any atom is -0.494 e. The third-order valence-electron chi connectivity index (χ3n) is 3.65. The number of ether oxygens (including phenoxy) is 1. The standard InChI is InChI=1S/C18H19Cl2FN2O4S/c1-10(2)9-22-28(25,26)17-7-12(13(19)8-14(17)20)18(24)23-11-4-5-16(27-3)15(21)6-11/h4-8,10,22H,9H2,1-3H3,(H,23,24). The van der Waals surface area contributed by atoms with Crippen LogP contribution in [0.5, 0.6) is 5.75 Å². The SMILES string of the molecule is COc1ccc(NC(=O)c2cc(S(=O)(=O)NCC(C)C)c(Cl)cc2Cl)cc1F. The Kier molecular flexibility index (Phi) is 7.28. The van der Waals surface area contributed by atoms with Crippen LogP contribution in [0.3, 0.4) is 0 Å².